The summed E-state index contributed by atoms with van der Waals surface area (Å²) in [5.74, 6) is 3.29. The van der Waals surface area contributed by atoms with Gasteiger partial charge in [-0.25, -0.2) is 9.97 Å². The lowest BCUT2D eigenvalue weighted by Gasteiger charge is -2.35. The number of hydrogen-bond donors (Lipinski definition) is 1. The summed E-state index contributed by atoms with van der Waals surface area (Å²) in [6.07, 6.45) is 14.2. The van der Waals surface area contributed by atoms with Gasteiger partial charge in [-0.1, -0.05) is 32.1 Å². The minimum atomic E-state index is -0.301. The lowest BCUT2D eigenvalue weighted by atomic mass is 9.78. The Morgan fingerprint density at radius 1 is 1.12 bits per heavy atom. The second-order valence-corrected chi connectivity index (χ2v) is 12.3. The van der Waals surface area contributed by atoms with Crippen LogP contribution in [-0.4, -0.2) is 40.7 Å². The number of aromatic nitrogens is 2. The van der Waals surface area contributed by atoms with Crippen molar-refractivity contribution in [2.24, 2.45) is 17.8 Å². The van der Waals surface area contributed by atoms with Crippen molar-refractivity contribution >= 4 is 11.7 Å². The second kappa shape index (κ2) is 14.1. The fourth-order valence-electron chi connectivity index (χ4n) is 5.98. The molecule has 222 valence electrons. The molecule has 0 saturated heterocycles. The van der Waals surface area contributed by atoms with Gasteiger partial charge >= 0.3 is 0 Å². The van der Waals surface area contributed by atoms with Crippen LogP contribution in [0.15, 0.2) is 64.6 Å². The molecule has 2 heterocycles. The van der Waals surface area contributed by atoms with E-state index in [1.165, 1.54) is 0 Å². The van der Waals surface area contributed by atoms with Crippen LogP contribution in [0.3, 0.4) is 0 Å². The zero-order chi connectivity index (χ0) is 29.5. The first-order chi connectivity index (χ1) is 19.7. The first kappa shape index (κ1) is 30.8. The molecule has 2 saturated carbocycles. The maximum absolute atomic E-state index is 14.0. The number of methoxy groups -OCH3 is 1. The summed E-state index contributed by atoms with van der Waals surface area (Å²) < 4.78 is 11.1. The van der Waals surface area contributed by atoms with Gasteiger partial charge in [0.2, 0.25) is 5.91 Å². The van der Waals surface area contributed by atoms with Crippen molar-refractivity contribution in [2.75, 3.05) is 18.6 Å². The van der Waals surface area contributed by atoms with E-state index in [1.807, 2.05) is 37.0 Å². The van der Waals surface area contributed by atoms with Crippen LogP contribution in [0.2, 0.25) is 0 Å². The highest BCUT2D eigenvalue weighted by molar-refractivity contribution is 5.94. The van der Waals surface area contributed by atoms with Gasteiger partial charge in [0.05, 0.1) is 13.2 Å². The fraction of sp³-hybridized carbons (Fsp3) is 0.559. The number of oxazole rings is 1. The molecule has 0 unspecified atom stereocenters. The van der Waals surface area contributed by atoms with Crippen molar-refractivity contribution in [2.45, 2.75) is 91.1 Å². The average Bonchev–Trinajstić information content (AvgIpc) is 3.47. The lowest BCUT2D eigenvalue weighted by Crippen LogP contribution is -2.42. The highest BCUT2D eigenvalue weighted by Gasteiger charge is 2.33. The van der Waals surface area contributed by atoms with Crippen LogP contribution in [0.5, 0.6) is 0 Å². The van der Waals surface area contributed by atoms with Gasteiger partial charge in [0.25, 0.3) is 0 Å². The SMILES string of the molecule is C=C(/C=C\C(OC)=C(C)C)C1CCC(CN(C(=O)C2CCC(O)CC2)c2cc(-c3coc(C(C)C)n3)ccn2)CC1. The van der Waals surface area contributed by atoms with Gasteiger partial charge < -0.3 is 14.3 Å². The minimum absolute atomic E-state index is 0.0882. The van der Waals surface area contributed by atoms with Gasteiger partial charge in [-0.15, -0.1) is 0 Å². The molecular weight excluding hydrogens is 514 g/mol. The zero-order valence-corrected chi connectivity index (χ0v) is 25.4. The minimum Gasteiger partial charge on any atom is -0.497 e. The molecule has 1 N–H and O–H groups in total. The largest absolute Gasteiger partial charge is 0.497 e. The molecule has 0 atom stereocenters. The van der Waals surface area contributed by atoms with Gasteiger partial charge in [-0.2, -0.15) is 0 Å². The number of anilines is 1. The van der Waals surface area contributed by atoms with Crippen molar-refractivity contribution in [3.05, 3.63) is 66.1 Å². The number of aliphatic hydroxyl groups is 1. The normalized spacial score (nSPS) is 23.0. The molecule has 2 aliphatic rings. The van der Waals surface area contributed by atoms with E-state index < -0.39 is 0 Å². The Hall–Kier alpha value is -3.19. The number of amides is 1. The number of carbonyl (C=O) groups is 1. The first-order valence-electron chi connectivity index (χ1n) is 15.2. The third kappa shape index (κ3) is 7.97. The summed E-state index contributed by atoms with van der Waals surface area (Å²) in [5.41, 5.74) is 3.92. The number of pyridine rings is 1. The van der Waals surface area contributed by atoms with Crippen LogP contribution >= 0.6 is 0 Å². The molecule has 2 aliphatic carbocycles. The molecule has 2 aromatic rings. The Morgan fingerprint density at radius 2 is 1.80 bits per heavy atom. The summed E-state index contributed by atoms with van der Waals surface area (Å²) in [4.78, 5) is 25.2. The number of rotatable bonds is 10. The fourth-order valence-corrected chi connectivity index (χ4v) is 5.98. The highest BCUT2D eigenvalue weighted by atomic mass is 16.5. The van der Waals surface area contributed by atoms with Gasteiger partial charge in [0, 0.05) is 30.1 Å². The Kier molecular flexibility index (Phi) is 10.6. The lowest BCUT2D eigenvalue weighted by molar-refractivity contribution is -0.124. The van der Waals surface area contributed by atoms with Crippen molar-refractivity contribution in [3.8, 4) is 11.3 Å². The molecule has 7 nitrogen and oxygen atoms in total. The molecule has 2 fully saturated rings. The van der Waals surface area contributed by atoms with Crippen LogP contribution in [-0.2, 0) is 9.53 Å². The Bertz CT molecular complexity index is 1240. The van der Waals surface area contributed by atoms with E-state index in [1.54, 1.807) is 19.6 Å². The molecular formula is C34H47N3O4. The molecule has 1 amide bonds. The summed E-state index contributed by atoms with van der Waals surface area (Å²) in [5, 5.41) is 10.0. The molecule has 0 radical (unpaired) electrons. The van der Waals surface area contributed by atoms with Crippen LogP contribution in [0.1, 0.15) is 90.9 Å². The molecule has 4 rings (SSSR count). The third-order valence-corrected chi connectivity index (χ3v) is 8.62. The van der Waals surface area contributed by atoms with Crippen LogP contribution in [0.4, 0.5) is 5.82 Å². The molecule has 7 heteroatoms. The maximum atomic E-state index is 14.0. The monoisotopic (exact) mass is 561 g/mol. The zero-order valence-electron chi connectivity index (χ0n) is 25.4. The van der Waals surface area contributed by atoms with Crippen molar-refractivity contribution in [1.29, 1.82) is 0 Å². The predicted octanol–water partition coefficient (Wildman–Crippen LogP) is 7.60. The number of ether oxygens (including phenoxy) is 1. The van der Waals surface area contributed by atoms with E-state index in [4.69, 9.17) is 9.15 Å². The summed E-state index contributed by atoms with van der Waals surface area (Å²) >= 11 is 0. The Labute approximate surface area is 245 Å². The number of hydrogen-bond acceptors (Lipinski definition) is 6. The summed E-state index contributed by atoms with van der Waals surface area (Å²) in [7, 11) is 1.70. The van der Waals surface area contributed by atoms with Gasteiger partial charge in [-0.3, -0.25) is 9.69 Å². The number of nitrogens with zero attached hydrogens (tertiary/aromatic N) is 3. The van der Waals surface area contributed by atoms with E-state index in [0.29, 0.717) is 55.8 Å². The molecule has 0 aromatic carbocycles. The van der Waals surface area contributed by atoms with Crippen molar-refractivity contribution in [1.82, 2.24) is 9.97 Å². The summed E-state index contributed by atoms with van der Waals surface area (Å²) in [6.45, 7) is 13.2. The van der Waals surface area contributed by atoms with Crippen LogP contribution in [0, 0.1) is 17.8 Å². The number of allylic oxidation sites excluding steroid dienone is 4. The Morgan fingerprint density at radius 3 is 2.41 bits per heavy atom. The molecule has 0 aliphatic heterocycles. The Balaban J connectivity index is 1.49. The molecule has 0 spiro atoms. The number of carbonyl (C=O) groups excluding carboxylic acids is 1. The molecule has 0 bridgehead atoms. The van der Waals surface area contributed by atoms with E-state index in [0.717, 1.165) is 53.8 Å². The second-order valence-electron chi connectivity index (χ2n) is 12.3. The standard InChI is InChI=1S/C34H47N3O4/c1-22(2)31(40-6)16-7-24(5)26-10-8-25(9-11-26)20-37(34(39)27-12-14-29(38)15-13-27)32-19-28(17-18-35-32)30-21-41-33(36-30)23(3)4/h7,16-19,21,23,25-27,29,38H,5,8-15,20H2,1-4,6H3/b16-7-. The van der Waals surface area contributed by atoms with Crippen LogP contribution < -0.4 is 4.90 Å². The first-order valence-corrected chi connectivity index (χ1v) is 15.2. The van der Waals surface area contributed by atoms with E-state index in [2.05, 4.69) is 36.5 Å². The molecule has 41 heavy (non-hydrogen) atoms. The maximum Gasteiger partial charge on any atom is 0.231 e. The predicted molar refractivity (Wildman–Crippen MR) is 163 cm³/mol. The van der Waals surface area contributed by atoms with E-state index in [-0.39, 0.29) is 23.8 Å². The van der Waals surface area contributed by atoms with Crippen molar-refractivity contribution in [3.63, 3.8) is 0 Å². The van der Waals surface area contributed by atoms with Gasteiger partial charge in [0.15, 0.2) is 5.89 Å². The van der Waals surface area contributed by atoms with Crippen LogP contribution in [0.25, 0.3) is 11.3 Å². The average molecular weight is 562 g/mol. The highest BCUT2D eigenvalue weighted by Crippen LogP contribution is 2.36. The third-order valence-electron chi connectivity index (χ3n) is 8.62. The van der Waals surface area contributed by atoms with E-state index in [9.17, 15) is 9.90 Å². The molecule has 2 aromatic heterocycles. The quantitative estimate of drug-likeness (QED) is 0.237. The smallest absolute Gasteiger partial charge is 0.231 e. The van der Waals surface area contributed by atoms with E-state index >= 15 is 0 Å². The summed E-state index contributed by atoms with van der Waals surface area (Å²) in [6, 6.07) is 3.88. The van der Waals surface area contributed by atoms with Gasteiger partial charge in [0.1, 0.15) is 23.5 Å². The van der Waals surface area contributed by atoms with Crippen molar-refractivity contribution < 1.29 is 19.1 Å². The number of aliphatic hydroxyl groups excluding tert-OH is 1. The topological polar surface area (TPSA) is 88.7 Å². The van der Waals surface area contributed by atoms with Gasteiger partial charge in [-0.05, 0) is 101 Å².